The Morgan fingerprint density at radius 3 is 2.09 bits per heavy atom. The molecule has 0 saturated heterocycles. The van der Waals surface area contributed by atoms with Gasteiger partial charge in [0.2, 0.25) is 0 Å². The van der Waals surface area contributed by atoms with E-state index in [4.69, 9.17) is 0 Å². The van der Waals surface area contributed by atoms with Crippen LogP contribution in [0.5, 0.6) is 0 Å². The van der Waals surface area contributed by atoms with E-state index in [9.17, 15) is 10.2 Å². The van der Waals surface area contributed by atoms with E-state index in [0.29, 0.717) is 22.7 Å². The molecule has 3 fully saturated rings. The van der Waals surface area contributed by atoms with Crippen LogP contribution in [-0.4, -0.2) is 22.4 Å². The van der Waals surface area contributed by atoms with Gasteiger partial charge in [-0.3, -0.25) is 0 Å². The lowest BCUT2D eigenvalue weighted by atomic mass is 9.35. The quantitative estimate of drug-likeness (QED) is 0.313. The third-order valence-corrected chi connectivity index (χ3v) is 13.8. The minimum atomic E-state index is -0.220. The standard InChI is InChI=1S/C31H52O2/c1-20(32)28(5)16-15-27(4)17-18-30(7)22-9-10-23-26(2,3)25(33)12-13-29(23,6)21(22)11-14-31(30,8)24(27)19-28/h20,23-25,32-33H,9-19H2,1-8H3/t20-,23?,24-,25+,27-,28-,29-,30-,31+/m1/s1/i12+1. The normalized spacial score (nSPS) is 54.5. The maximum absolute atomic E-state index is 10.9. The van der Waals surface area contributed by atoms with Crippen molar-refractivity contribution in [3.63, 3.8) is 0 Å². The molecule has 0 radical (unpaired) electrons. The maximum atomic E-state index is 10.9. The largest absolute Gasteiger partial charge is 0.393 e. The average Bonchev–Trinajstić information content (AvgIpc) is 2.74. The Morgan fingerprint density at radius 2 is 1.42 bits per heavy atom. The van der Waals surface area contributed by atoms with Gasteiger partial charge in [-0.05, 0) is 122 Å². The molecule has 2 heteroatoms. The molecule has 9 atom stereocenters. The van der Waals surface area contributed by atoms with E-state index in [0.717, 1.165) is 12.8 Å². The molecule has 188 valence electrons. The minimum absolute atomic E-state index is 0.0147. The number of allylic oxidation sites excluding steroid dienone is 2. The molecule has 1 unspecified atom stereocenters. The number of aliphatic hydroxyl groups is 2. The van der Waals surface area contributed by atoms with Crippen LogP contribution >= 0.6 is 0 Å². The number of aliphatic hydroxyl groups excluding tert-OH is 2. The Labute approximate surface area is 204 Å². The molecule has 2 nitrogen and oxygen atoms in total. The highest BCUT2D eigenvalue weighted by atomic mass is 16.3. The van der Waals surface area contributed by atoms with Gasteiger partial charge in [0.05, 0.1) is 12.2 Å². The van der Waals surface area contributed by atoms with E-state index < -0.39 is 0 Å². The second-order valence-electron chi connectivity index (χ2n) is 15.3. The van der Waals surface area contributed by atoms with Crippen molar-refractivity contribution in [2.45, 2.75) is 138 Å². The predicted molar refractivity (Wildman–Crippen MR) is 137 cm³/mol. The van der Waals surface area contributed by atoms with E-state index in [2.05, 4.69) is 48.5 Å². The highest BCUT2D eigenvalue weighted by molar-refractivity contribution is 5.38. The first-order valence-electron chi connectivity index (χ1n) is 14.2. The zero-order chi connectivity index (χ0) is 24.2. The van der Waals surface area contributed by atoms with Crippen molar-refractivity contribution in [1.82, 2.24) is 0 Å². The van der Waals surface area contributed by atoms with Crippen LogP contribution in [0.2, 0.25) is 0 Å². The second kappa shape index (κ2) is 7.12. The highest BCUT2D eigenvalue weighted by Crippen LogP contribution is 2.75. The summed E-state index contributed by atoms with van der Waals surface area (Å²) in [6.45, 7) is 19.6. The summed E-state index contributed by atoms with van der Waals surface area (Å²) in [4.78, 5) is 0. The van der Waals surface area contributed by atoms with Crippen LogP contribution in [0.3, 0.4) is 0 Å². The van der Waals surface area contributed by atoms with Crippen LogP contribution in [0, 0.1) is 44.3 Å². The molecule has 5 aliphatic rings. The van der Waals surface area contributed by atoms with Gasteiger partial charge < -0.3 is 10.2 Å². The summed E-state index contributed by atoms with van der Waals surface area (Å²) in [5.41, 5.74) is 5.04. The predicted octanol–water partition coefficient (Wildman–Crippen LogP) is 7.67. The van der Waals surface area contributed by atoms with Gasteiger partial charge in [-0.25, -0.2) is 0 Å². The lowest BCUT2D eigenvalue weighted by Gasteiger charge is -2.70. The lowest BCUT2D eigenvalue weighted by Crippen LogP contribution is -2.61. The minimum Gasteiger partial charge on any atom is -0.393 e. The first-order chi connectivity index (χ1) is 15.1. The molecule has 0 aromatic heterocycles. The van der Waals surface area contributed by atoms with E-state index in [-0.39, 0.29) is 33.9 Å². The molecule has 5 rings (SSSR count). The molecule has 0 spiro atoms. The summed E-state index contributed by atoms with van der Waals surface area (Å²) in [7, 11) is 0. The molecule has 0 bridgehead atoms. The summed E-state index contributed by atoms with van der Waals surface area (Å²) in [6.07, 6.45) is 13.1. The summed E-state index contributed by atoms with van der Waals surface area (Å²) >= 11 is 0. The summed E-state index contributed by atoms with van der Waals surface area (Å²) in [5, 5.41) is 21.6. The number of hydrogen-bond donors (Lipinski definition) is 2. The molecule has 2 N–H and O–H groups in total. The highest BCUT2D eigenvalue weighted by Gasteiger charge is 2.66. The van der Waals surface area contributed by atoms with Crippen LogP contribution in [-0.2, 0) is 0 Å². The third-order valence-electron chi connectivity index (χ3n) is 13.8. The monoisotopic (exact) mass is 457 g/mol. The first kappa shape index (κ1) is 24.4. The fraction of sp³-hybridized carbons (Fsp3) is 0.935. The average molecular weight is 458 g/mol. The molecule has 0 aromatic rings. The lowest BCUT2D eigenvalue weighted by molar-refractivity contribution is -0.168. The summed E-state index contributed by atoms with van der Waals surface area (Å²) < 4.78 is 0. The van der Waals surface area contributed by atoms with Crippen molar-refractivity contribution in [3.05, 3.63) is 11.1 Å². The van der Waals surface area contributed by atoms with Gasteiger partial charge in [-0.1, -0.05) is 59.6 Å². The zero-order valence-corrected chi connectivity index (χ0v) is 23.0. The van der Waals surface area contributed by atoms with Crippen molar-refractivity contribution in [3.8, 4) is 0 Å². The van der Waals surface area contributed by atoms with Crippen LogP contribution in [0.1, 0.15) is 126 Å². The van der Waals surface area contributed by atoms with Crippen LogP contribution in [0.15, 0.2) is 11.1 Å². The summed E-state index contributed by atoms with van der Waals surface area (Å²) in [6, 6.07) is 0. The fourth-order valence-electron chi connectivity index (χ4n) is 10.7. The van der Waals surface area contributed by atoms with Crippen LogP contribution in [0.4, 0.5) is 0 Å². The van der Waals surface area contributed by atoms with Gasteiger partial charge >= 0.3 is 0 Å². The second-order valence-corrected chi connectivity index (χ2v) is 15.3. The molecular weight excluding hydrogens is 405 g/mol. The van der Waals surface area contributed by atoms with Crippen LogP contribution in [0.25, 0.3) is 0 Å². The molecule has 0 aromatic carbocycles. The van der Waals surface area contributed by atoms with Crippen molar-refractivity contribution in [2.24, 2.45) is 44.3 Å². The van der Waals surface area contributed by atoms with Crippen molar-refractivity contribution >= 4 is 0 Å². The van der Waals surface area contributed by atoms with Gasteiger partial charge in [-0.2, -0.15) is 0 Å². The van der Waals surface area contributed by atoms with E-state index >= 15 is 0 Å². The molecule has 0 aliphatic heterocycles. The van der Waals surface area contributed by atoms with Gasteiger partial charge in [0, 0.05) is 0 Å². The molecule has 5 aliphatic carbocycles. The van der Waals surface area contributed by atoms with Gasteiger partial charge in [0.1, 0.15) is 0 Å². The fourth-order valence-corrected chi connectivity index (χ4v) is 10.7. The molecular formula is C31H52O2. The van der Waals surface area contributed by atoms with E-state index in [1.165, 1.54) is 57.8 Å². The topological polar surface area (TPSA) is 40.5 Å². The zero-order valence-electron chi connectivity index (χ0n) is 23.0. The Hall–Kier alpha value is -0.340. The Morgan fingerprint density at radius 1 is 0.758 bits per heavy atom. The molecule has 3 saturated carbocycles. The molecule has 0 heterocycles. The van der Waals surface area contributed by atoms with Gasteiger partial charge in [0.15, 0.2) is 0 Å². The maximum Gasteiger partial charge on any atom is 0.0594 e. The van der Waals surface area contributed by atoms with Crippen LogP contribution < -0.4 is 0 Å². The van der Waals surface area contributed by atoms with Crippen molar-refractivity contribution in [2.75, 3.05) is 0 Å². The SMILES string of the molecule is C[C@@H](O)[C@]1(C)CC[C@]2(C)CC[C@]3(C)C4=C(CC[C@@]3(C)[C@@H]2C1)[C@@]1(C)C[13CH2][C@H](O)C(C)(C)C1CC4. The Bertz CT molecular complexity index is 855. The number of fused-ring (bicyclic) bond motifs is 6. The smallest absolute Gasteiger partial charge is 0.0594 e. The van der Waals surface area contributed by atoms with E-state index in [1.54, 1.807) is 0 Å². The van der Waals surface area contributed by atoms with Crippen molar-refractivity contribution < 1.29 is 10.2 Å². The first-order valence-corrected chi connectivity index (χ1v) is 14.2. The Kier molecular flexibility index (Phi) is 5.25. The van der Waals surface area contributed by atoms with Gasteiger partial charge in [-0.15, -0.1) is 0 Å². The number of rotatable bonds is 1. The molecule has 33 heavy (non-hydrogen) atoms. The van der Waals surface area contributed by atoms with Gasteiger partial charge in [0.25, 0.3) is 0 Å². The molecule has 0 amide bonds. The third kappa shape index (κ3) is 2.98. The number of hydrogen-bond acceptors (Lipinski definition) is 2. The van der Waals surface area contributed by atoms with E-state index in [1.807, 2.05) is 18.1 Å². The Balaban J connectivity index is 1.58. The summed E-state index contributed by atoms with van der Waals surface area (Å²) in [5.74, 6) is 1.30. The van der Waals surface area contributed by atoms with Crippen molar-refractivity contribution in [1.29, 1.82) is 0 Å².